The Labute approximate surface area is 406 Å². The number of para-hydroxylation sites is 1. The second kappa shape index (κ2) is 19.3. The van der Waals surface area contributed by atoms with E-state index in [1.54, 1.807) is 14.2 Å². The van der Waals surface area contributed by atoms with Crippen molar-refractivity contribution in [3.63, 3.8) is 0 Å². The number of methoxy groups -OCH3 is 2. The van der Waals surface area contributed by atoms with Crippen molar-refractivity contribution in [3.8, 4) is 23.0 Å². The van der Waals surface area contributed by atoms with Crippen LogP contribution in [-0.4, -0.2) is 97.9 Å². The minimum atomic E-state index is -0.686. The van der Waals surface area contributed by atoms with Crippen molar-refractivity contribution in [1.82, 2.24) is 9.80 Å². The van der Waals surface area contributed by atoms with Gasteiger partial charge in [0.2, 0.25) is 0 Å². The van der Waals surface area contributed by atoms with E-state index >= 15 is 0 Å². The molecule has 0 amide bonds. The van der Waals surface area contributed by atoms with E-state index in [0.717, 1.165) is 87.8 Å². The highest BCUT2D eigenvalue weighted by atomic mass is 16.5. The van der Waals surface area contributed by atoms with Crippen molar-refractivity contribution in [3.05, 3.63) is 107 Å². The van der Waals surface area contributed by atoms with Crippen LogP contribution < -0.4 is 14.2 Å². The van der Waals surface area contributed by atoms with Crippen molar-refractivity contribution >= 4 is 0 Å². The van der Waals surface area contributed by atoms with Gasteiger partial charge in [0, 0.05) is 52.5 Å². The number of nitrogens with zero attached hydrogens (tertiary/aromatic N) is 2. The summed E-state index contributed by atoms with van der Waals surface area (Å²) >= 11 is 0. The van der Waals surface area contributed by atoms with Crippen molar-refractivity contribution in [2.75, 3.05) is 54.6 Å². The molecule has 2 saturated carbocycles. The van der Waals surface area contributed by atoms with Crippen LogP contribution in [-0.2, 0) is 28.4 Å². The van der Waals surface area contributed by atoms with Crippen LogP contribution in [0.2, 0.25) is 0 Å². The van der Waals surface area contributed by atoms with Gasteiger partial charge in [0.25, 0.3) is 0 Å². The summed E-state index contributed by atoms with van der Waals surface area (Å²) in [6.07, 6.45) is 18.7. The van der Waals surface area contributed by atoms with Gasteiger partial charge < -0.3 is 39.0 Å². The molecule has 4 fully saturated rings. The number of likely N-dealkylation sites (N-methyl/N-ethyl adjacent to an activating group) is 2. The van der Waals surface area contributed by atoms with Crippen LogP contribution in [0.3, 0.4) is 0 Å². The Morgan fingerprint density at radius 2 is 1.16 bits per heavy atom. The Kier molecular flexibility index (Phi) is 15.2. The zero-order chi connectivity index (χ0) is 45.5. The van der Waals surface area contributed by atoms with Crippen LogP contribution in [0.4, 0.5) is 0 Å². The normalized spacial score (nSPS) is 33.5. The molecule has 8 bridgehead atoms. The second-order valence-corrected chi connectivity index (χ2v) is 21.9. The van der Waals surface area contributed by atoms with E-state index in [9.17, 15) is 10.2 Å². The molecule has 2 aliphatic heterocycles. The van der Waals surface area contributed by atoms with Crippen LogP contribution in [0.1, 0.15) is 125 Å². The summed E-state index contributed by atoms with van der Waals surface area (Å²) < 4.78 is 23.0. The van der Waals surface area contributed by atoms with Crippen LogP contribution >= 0.6 is 0 Å². The lowest BCUT2D eigenvalue weighted by Crippen LogP contribution is -2.70. The predicted molar refractivity (Wildman–Crippen MR) is 276 cm³/mol. The van der Waals surface area contributed by atoms with E-state index in [-0.39, 0.29) is 49.9 Å². The number of fused-ring (bicyclic) bond motifs is 4. The molecule has 8 nitrogen and oxygen atoms in total. The predicted octanol–water partition coefficient (Wildman–Crippen LogP) is 11.8. The highest BCUT2D eigenvalue weighted by Crippen LogP contribution is 2.72. The standard InChI is InChI=1S/C29H35NO3.C23H31NO2.C4H10O.3CH4/c1-27(2,31)22-18-28-13-12-20(22)17-29(28)14-15-30(3)24(28)16-19-10-11-23(32-4)26(25(19)29)33-21-8-6-5-7-9-21;1-21(2,25)19-14-23-8-7-16(19)13-22(23)9-10-24(3)20(23)11-15-5-6-17(26-4)12-18(15)22;1-3-5-4-2;;;/h5-13,20,22,24,31H,14-18H2,1-4H3;5-8,12,16,19-20,25H,9-11,13-14H2,1-4H3;3-4H2,1-2H3;3*1H4/t20-,22+,24?,28-,29+;16-,19+,20?,22+,23-;;;;/m00..../s1. The van der Waals surface area contributed by atoms with Crippen molar-refractivity contribution in [2.24, 2.45) is 34.5 Å². The number of benzene rings is 3. The molecule has 370 valence electrons. The molecular formula is C59H88N2O6. The molecule has 2 unspecified atom stereocenters. The fourth-order valence-electron chi connectivity index (χ4n) is 15.2. The van der Waals surface area contributed by atoms with E-state index in [1.807, 2.05) is 71.9 Å². The van der Waals surface area contributed by atoms with E-state index in [4.69, 9.17) is 18.9 Å². The molecule has 10 aliphatic rings. The zero-order valence-electron chi connectivity index (χ0n) is 40.5. The lowest BCUT2D eigenvalue weighted by Gasteiger charge is -2.70. The summed E-state index contributed by atoms with van der Waals surface area (Å²) in [6, 6.07) is 22.1. The van der Waals surface area contributed by atoms with Crippen LogP contribution in [0.15, 0.2) is 85.0 Å². The van der Waals surface area contributed by atoms with E-state index in [0.29, 0.717) is 29.8 Å². The third-order valence-corrected chi connectivity index (χ3v) is 18.2. The summed E-state index contributed by atoms with van der Waals surface area (Å²) in [7, 11) is 8.09. The first kappa shape index (κ1) is 52.7. The SMILES string of the molecule is C.C.C.CCOCC.COc1ccc2c(c1)[C@]13CCN(C)C(C2)[C@@]12C=C[C@@H](C3)[C@H](C(C)(C)O)C2.COc1ccc2c(c1Oc1ccccc1)[C@]13CCN(C)C(C2)[C@@]12C=C[C@@H](C3)[C@H](C(C)(C)O)C2. The van der Waals surface area contributed by atoms with E-state index in [1.165, 1.54) is 35.1 Å². The van der Waals surface area contributed by atoms with Gasteiger partial charge in [-0.3, -0.25) is 0 Å². The summed E-state index contributed by atoms with van der Waals surface area (Å²) in [6.45, 7) is 15.9. The Morgan fingerprint density at radius 1 is 0.642 bits per heavy atom. The number of rotatable bonds is 8. The van der Waals surface area contributed by atoms with Gasteiger partial charge in [0.15, 0.2) is 11.5 Å². The molecule has 2 N–H and O–H groups in total. The molecule has 2 spiro atoms. The van der Waals surface area contributed by atoms with Gasteiger partial charge in [-0.1, -0.05) is 76.9 Å². The van der Waals surface area contributed by atoms with Gasteiger partial charge in [-0.15, -0.1) is 0 Å². The number of aliphatic hydroxyl groups is 2. The summed E-state index contributed by atoms with van der Waals surface area (Å²) in [4.78, 5) is 5.16. The van der Waals surface area contributed by atoms with Gasteiger partial charge in [0.05, 0.1) is 25.4 Å². The average molecular weight is 921 g/mol. The maximum atomic E-state index is 11.1. The molecule has 10 atom stereocenters. The first-order chi connectivity index (χ1) is 30.5. The first-order valence-corrected chi connectivity index (χ1v) is 24.4. The summed E-state index contributed by atoms with van der Waals surface area (Å²) in [5.74, 6) is 4.99. The Hall–Kier alpha value is -3.66. The topological polar surface area (TPSA) is 83.9 Å². The molecular weight excluding hydrogens is 833 g/mol. The molecule has 0 radical (unpaired) electrons. The third kappa shape index (κ3) is 8.20. The maximum Gasteiger partial charge on any atom is 0.173 e. The molecule has 2 saturated heterocycles. The first-order valence-electron chi connectivity index (χ1n) is 24.4. The Balaban J connectivity index is 0.000000197. The molecule has 8 aliphatic carbocycles. The quantitative estimate of drug-likeness (QED) is 0.216. The number of ether oxygens (including phenoxy) is 4. The number of piperidine rings is 2. The van der Waals surface area contributed by atoms with Gasteiger partial charge in [-0.25, -0.2) is 0 Å². The highest BCUT2D eigenvalue weighted by Gasteiger charge is 2.70. The van der Waals surface area contributed by atoms with Gasteiger partial charge >= 0.3 is 0 Å². The van der Waals surface area contributed by atoms with Crippen molar-refractivity contribution in [1.29, 1.82) is 0 Å². The van der Waals surface area contributed by atoms with Crippen LogP contribution in [0.25, 0.3) is 0 Å². The van der Waals surface area contributed by atoms with Gasteiger partial charge in [0.1, 0.15) is 11.5 Å². The van der Waals surface area contributed by atoms with Crippen LogP contribution in [0.5, 0.6) is 23.0 Å². The van der Waals surface area contributed by atoms with E-state index < -0.39 is 11.2 Å². The second-order valence-electron chi connectivity index (χ2n) is 21.9. The smallest absolute Gasteiger partial charge is 0.173 e. The maximum absolute atomic E-state index is 11.1. The number of hydrogen-bond donors (Lipinski definition) is 2. The molecule has 0 aromatic heterocycles. The number of hydrogen-bond acceptors (Lipinski definition) is 8. The molecule has 2 heterocycles. The molecule has 67 heavy (non-hydrogen) atoms. The summed E-state index contributed by atoms with van der Waals surface area (Å²) in [5.41, 5.74) is 4.82. The molecule has 13 rings (SSSR count). The lowest BCUT2D eigenvalue weighted by atomic mass is 9.38. The highest BCUT2D eigenvalue weighted by molar-refractivity contribution is 5.61. The lowest BCUT2D eigenvalue weighted by molar-refractivity contribution is -0.132. The summed E-state index contributed by atoms with van der Waals surface area (Å²) in [5, 5.41) is 22.0. The van der Waals surface area contributed by atoms with Gasteiger partial charge in [-0.2, -0.15) is 0 Å². The minimum absolute atomic E-state index is 0. The molecule has 3 aromatic carbocycles. The third-order valence-electron chi connectivity index (χ3n) is 18.2. The number of likely N-dealkylation sites (tertiary alicyclic amines) is 2. The van der Waals surface area contributed by atoms with Crippen LogP contribution in [0, 0.1) is 34.5 Å². The monoisotopic (exact) mass is 921 g/mol. The Morgan fingerprint density at radius 3 is 1.69 bits per heavy atom. The minimum Gasteiger partial charge on any atom is -0.497 e. The van der Waals surface area contributed by atoms with Crippen molar-refractivity contribution in [2.45, 2.75) is 149 Å². The van der Waals surface area contributed by atoms with Crippen molar-refractivity contribution < 1.29 is 29.2 Å². The number of allylic oxidation sites excluding steroid dienone is 2. The molecule has 8 heteroatoms. The van der Waals surface area contributed by atoms with E-state index in [2.05, 4.69) is 78.5 Å². The fraction of sp³-hybridized carbons (Fsp3) is 0.627. The molecule has 3 aromatic rings. The Bertz CT molecular complexity index is 2240. The zero-order valence-corrected chi connectivity index (χ0v) is 40.5. The van der Waals surface area contributed by atoms with Gasteiger partial charge in [-0.05, 0) is 191 Å². The fourth-order valence-corrected chi connectivity index (χ4v) is 15.2. The average Bonchev–Trinajstić information content (AvgIpc) is 3.28. The largest absolute Gasteiger partial charge is 0.497 e.